The highest BCUT2D eigenvalue weighted by Crippen LogP contribution is 2.24. The lowest BCUT2D eigenvalue weighted by molar-refractivity contribution is 0.0140. The highest BCUT2D eigenvalue weighted by molar-refractivity contribution is 5.33. The van der Waals surface area contributed by atoms with Crippen LogP contribution in [0.5, 0.6) is 11.5 Å². The van der Waals surface area contributed by atoms with Gasteiger partial charge in [0.1, 0.15) is 24.2 Å². The SMILES string of the molecule is CN1CCN(CCOc2ccccc2CN2CC(Oc3ccccc3)C2)CC1. The monoisotopic (exact) mass is 381 g/mol. The van der Waals surface area contributed by atoms with E-state index in [0.29, 0.717) is 0 Å². The molecule has 0 N–H and O–H groups in total. The van der Waals surface area contributed by atoms with E-state index >= 15 is 0 Å². The third-order valence-corrected chi connectivity index (χ3v) is 5.60. The average molecular weight is 382 g/mol. The lowest BCUT2D eigenvalue weighted by Crippen LogP contribution is -2.53. The fourth-order valence-corrected chi connectivity index (χ4v) is 3.79. The van der Waals surface area contributed by atoms with E-state index in [-0.39, 0.29) is 6.10 Å². The Hall–Kier alpha value is -2.08. The molecule has 0 unspecified atom stereocenters. The molecule has 0 spiro atoms. The molecular formula is C23H31N3O2. The van der Waals surface area contributed by atoms with Gasteiger partial charge in [-0.15, -0.1) is 0 Å². The molecule has 28 heavy (non-hydrogen) atoms. The highest BCUT2D eigenvalue weighted by atomic mass is 16.5. The highest BCUT2D eigenvalue weighted by Gasteiger charge is 2.29. The summed E-state index contributed by atoms with van der Waals surface area (Å²) in [4.78, 5) is 7.29. The van der Waals surface area contributed by atoms with E-state index in [9.17, 15) is 0 Å². The van der Waals surface area contributed by atoms with Crippen molar-refractivity contribution in [1.29, 1.82) is 0 Å². The van der Waals surface area contributed by atoms with Gasteiger partial charge in [-0.25, -0.2) is 0 Å². The Bertz CT molecular complexity index is 726. The van der Waals surface area contributed by atoms with E-state index < -0.39 is 0 Å². The second-order valence-electron chi connectivity index (χ2n) is 7.85. The number of nitrogens with zero attached hydrogens (tertiary/aromatic N) is 3. The van der Waals surface area contributed by atoms with Crippen LogP contribution in [-0.2, 0) is 6.54 Å². The number of benzene rings is 2. The summed E-state index contributed by atoms with van der Waals surface area (Å²) in [5, 5.41) is 0. The molecular weight excluding hydrogens is 350 g/mol. The van der Waals surface area contributed by atoms with E-state index in [1.54, 1.807) is 0 Å². The molecule has 2 saturated heterocycles. The molecule has 0 aromatic heterocycles. The van der Waals surface area contributed by atoms with Gasteiger partial charge in [0.2, 0.25) is 0 Å². The van der Waals surface area contributed by atoms with Crippen LogP contribution in [0.15, 0.2) is 54.6 Å². The van der Waals surface area contributed by atoms with Gasteiger partial charge in [-0.3, -0.25) is 9.80 Å². The molecule has 5 nitrogen and oxygen atoms in total. The molecule has 0 radical (unpaired) electrons. The third-order valence-electron chi connectivity index (χ3n) is 5.60. The number of ether oxygens (including phenoxy) is 2. The number of likely N-dealkylation sites (N-methyl/N-ethyl adjacent to an activating group) is 1. The summed E-state index contributed by atoms with van der Waals surface area (Å²) in [7, 11) is 2.19. The Morgan fingerprint density at radius 2 is 1.57 bits per heavy atom. The Morgan fingerprint density at radius 1 is 0.857 bits per heavy atom. The fourth-order valence-electron chi connectivity index (χ4n) is 3.79. The van der Waals surface area contributed by atoms with Gasteiger partial charge in [0, 0.05) is 57.9 Å². The van der Waals surface area contributed by atoms with Crippen molar-refractivity contribution in [2.24, 2.45) is 0 Å². The molecule has 2 aliphatic heterocycles. The van der Waals surface area contributed by atoms with Crippen LogP contribution in [0.1, 0.15) is 5.56 Å². The van der Waals surface area contributed by atoms with Crippen molar-refractivity contribution in [2.75, 3.05) is 59.5 Å². The Kier molecular flexibility index (Phi) is 6.47. The first kappa shape index (κ1) is 19.2. The van der Waals surface area contributed by atoms with Crippen LogP contribution in [0.25, 0.3) is 0 Å². The zero-order chi connectivity index (χ0) is 19.2. The van der Waals surface area contributed by atoms with Gasteiger partial charge in [0.15, 0.2) is 0 Å². The number of likely N-dealkylation sites (tertiary alicyclic amines) is 1. The maximum absolute atomic E-state index is 6.15. The molecule has 0 bridgehead atoms. The van der Waals surface area contributed by atoms with Crippen LogP contribution >= 0.6 is 0 Å². The smallest absolute Gasteiger partial charge is 0.124 e. The van der Waals surface area contributed by atoms with Crippen LogP contribution in [0.4, 0.5) is 0 Å². The van der Waals surface area contributed by atoms with Crippen molar-refractivity contribution in [1.82, 2.24) is 14.7 Å². The van der Waals surface area contributed by atoms with Crippen LogP contribution in [0.3, 0.4) is 0 Å². The van der Waals surface area contributed by atoms with E-state index in [4.69, 9.17) is 9.47 Å². The van der Waals surface area contributed by atoms with Crippen molar-refractivity contribution in [3.63, 3.8) is 0 Å². The molecule has 4 rings (SSSR count). The summed E-state index contributed by atoms with van der Waals surface area (Å²) in [6.45, 7) is 9.17. The van der Waals surface area contributed by atoms with Gasteiger partial charge in [-0.1, -0.05) is 36.4 Å². The number of para-hydroxylation sites is 2. The topological polar surface area (TPSA) is 28.2 Å². The van der Waals surface area contributed by atoms with E-state index in [2.05, 4.69) is 46.0 Å². The Balaban J connectivity index is 1.21. The lowest BCUT2D eigenvalue weighted by Gasteiger charge is -2.39. The maximum Gasteiger partial charge on any atom is 0.124 e. The Morgan fingerprint density at radius 3 is 2.36 bits per heavy atom. The van der Waals surface area contributed by atoms with Crippen molar-refractivity contribution in [2.45, 2.75) is 12.6 Å². The minimum Gasteiger partial charge on any atom is -0.492 e. The second-order valence-corrected chi connectivity index (χ2v) is 7.85. The van der Waals surface area contributed by atoms with E-state index in [1.807, 2.05) is 30.3 Å². The average Bonchev–Trinajstić information content (AvgIpc) is 2.70. The first-order valence-corrected chi connectivity index (χ1v) is 10.3. The minimum atomic E-state index is 0.285. The molecule has 2 heterocycles. The number of rotatable bonds is 8. The summed E-state index contributed by atoms with van der Waals surface area (Å²) in [5.74, 6) is 1.98. The van der Waals surface area contributed by atoms with Crippen molar-refractivity contribution in [3.05, 3.63) is 60.2 Å². The van der Waals surface area contributed by atoms with Gasteiger partial charge in [0.05, 0.1) is 0 Å². The maximum atomic E-state index is 6.15. The van der Waals surface area contributed by atoms with Crippen molar-refractivity contribution < 1.29 is 9.47 Å². The van der Waals surface area contributed by atoms with Gasteiger partial charge in [-0.2, -0.15) is 0 Å². The van der Waals surface area contributed by atoms with E-state index in [1.165, 1.54) is 5.56 Å². The predicted octanol–water partition coefficient (Wildman–Crippen LogP) is 2.58. The standard InChI is InChI=1S/C23H31N3O2/c1-24-11-13-25(14-12-24)15-16-27-23-10-6-5-7-20(23)17-26-18-22(19-26)28-21-8-3-2-4-9-21/h2-10,22H,11-19H2,1H3. The number of piperazine rings is 1. The molecule has 2 aromatic rings. The lowest BCUT2D eigenvalue weighted by atomic mass is 10.1. The molecule has 2 fully saturated rings. The van der Waals surface area contributed by atoms with Crippen LogP contribution in [0, 0.1) is 0 Å². The molecule has 2 aliphatic rings. The third kappa shape index (κ3) is 5.25. The summed E-state index contributed by atoms with van der Waals surface area (Å²) >= 11 is 0. The van der Waals surface area contributed by atoms with Crippen LogP contribution in [-0.4, -0.2) is 80.3 Å². The van der Waals surface area contributed by atoms with Crippen LogP contribution in [0.2, 0.25) is 0 Å². The minimum absolute atomic E-state index is 0.285. The van der Waals surface area contributed by atoms with Crippen molar-refractivity contribution >= 4 is 0 Å². The zero-order valence-electron chi connectivity index (χ0n) is 16.8. The molecule has 2 aromatic carbocycles. The quantitative estimate of drug-likeness (QED) is 0.701. The molecule has 150 valence electrons. The summed E-state index contributed by atoms with van der Waals surface area (Å²) < 4.78 is 12.2. The largest absolute Gasteiger partial charge is 0.492 e. The molecule has 0 saturated carbocycles. The first-order valence-electron chi connectivity index (χ1n) is 10.3. The predicted molar refractivity (Wildman–Crippen MR) is 112 cm³/mol. The van der Waals surface area contributed by atoms with Crippen molar-refractivity contribution in [3.8, 4) is 11.5 Å². The summed E-state index contributed by atoms with van der Waals surface area (Å²) in [5.41, 5.74) is 1.26. The Labute approximate surface area is 168 Å². The summed E-state index contributed by atoms with van der Waals surface area (Å²) in [6, 6.07) is 18.5. The van der Waals surface area contributed by atoms with Gasteiger partial charge in [0.25, 0.3) is 0 Å². The van der Waals surface area contributed by atoms with Gasteiger partial charge in [-0.05, 0) is 25.2 Å². The molecule has 5 heteroatoms. The molecule has 0 amide bonds. The molecule has 0 aliphatic carbocycles. The zero-order valence-corrected chi connectivity index (χ0v) is 16.8. The van der Waals surface area contributed by atoms with Gasteiger partial charge < -0.3 is 14.4 Å². The van der Waals surface area contributed by atoms with E-state index in [0.717, 1.165) is 70.5 Å². The fraction of sp³-hybridized carbons (Fsp3) is 0.478. The second kappa shape index (κ2) is 9.41. The number of hydrogen-bond donors (Lipinski definition) is 0. The van der Waals surface area contributed by atoms with Crippen LogP contribution < -0.4 is 9.47 Å². The first-order chi connectivity index (χ1) is 13.8. The normalized spacial score (nSPS) is 19.3. The molecule has 0 atom stereocenters. The number of hydrogen-bond acceptors (Lipinski definition) is 5. The van der Waals surface area contributed by atoms with Gasteiger partial charge >= 0.3 is 0 Å². The summed E-state index contributed by atoms with van der Waals surface area (Å²) in [6.07, 6.45) is 0.285.